The molecule has 0 saturated heterocycles. The van der Waals surface area contributed by atoms with Crippen LogP contribution in [-0.4, -0.2) is 58.1 Å². The molecule has 10 heteroatoms. The smallest absolute Gasteiger partial charge is 0.244 e. The van der Waals surface area contributed by atoms with Crippen LogP contribution in [0.5, 0.6) is 5.75 Å². The number of sulfonamides is 1. The number of carbonyl (C=O) groups is 2. The molecule has 0 bridgehead atoms. The van der Waals surface area contributed by atoms with E-state index in [9.17, 15) is 18.0 Å². The predicted molar refractivity (Wildman–Crippen MR) is 125 cm³/mol. The predicted octanol–water partition coefficient (Wildman–Crippen LogP) is 2.59. The Bertz CT molecular complexity index is 1070. The lowest BCUT2D eigenvalue weighted by atomic mass is 10.1. The summed E-state index contributed by atoms with van der Waals surface area (Å²) in [4.78, 5) is 27.0. The number of rotatable bonds is 9. The minimum Gasteiger partial charge on any atom is -0.497 e. The third kappa shape index (κ3) is 6.14. The van der Waals surface area contributed by atoms with Crippen LogP contribution in [0, 0.1) is 6.92 Å². The summed E-state index contributed by atoms with van der Waals surface area (Å²) in [5.74, 6) is -0.232. The zero-order chi connectivity index (χ0) is 24.1. The number of carbonyl (C=O) groups excluding carboxylic acids is 2. The van der Waals surface area contributed by atoms with E-state index in [-0.39, 0.29) is 12.5 Å². The number of anilines is 1. The number of benzene rings is 2. The maximum absolute atomic E-state index is 13.3. The molecular formula is C22H28ClN3O5S. The summed E-state index contributed by atoms with van der Waals surface area (Å²) >= 11 is 6.17. The summed E-state index contributed by atoms with van der Waals surface area (Å²) < 4.78 is 31.3. The maximum Gasteiger partial charge on any atom is 0.244 e. The van der Waals surface area contributed by atoms with Crippen molar-refractivity contribution in [2.24, 2.45) is 0 Å². The minimum absolute atomic E-state index is 0.115. The van der Waals surface area contributed by atoms with Crippen LogP contribution in [0.4, 0.5) is 5.69 Å². The van der Waals surface area contributed by atoms with E-state index in [0.717, 1.165) is 16.1 Å². The number of methoxy groups -OCH3 is 1. The Morgan fingerprint density at radius 2 is 1.78 bits per heavy atom. The van der Waals surface area contributed by atoms with Crippen LogP contribution in [0.3, 0.4) is 0 Å². The number of nitrogens with zero attached hydrogens (tertiary/aromatic N) is 2. The molecule has 0 fully saturated rings. The quantitative estimate of drug-likeness (QED) is 0.594. The molecule has 0 aliphatic carbocycles. The van der Waals surface area contributed by atoms with Gasteiger partial charge in [-0.15, -0.1) is 0 Å². The van der Waals surface area contributed by atoms with Crippen molar-refractivity contribution in [1.29, 1.82) is 0 Å². The lowest BCUT2D eigenvalue weighted by Gasteiger charge is -2.31. The van der Waals surface area contributed by atoms with Gasteiger partial charge < -0.3 is 15.0 Å². The van der Waals surface area contributed by atoms with Crippen LogP contribution in [0.1, 0.15) is 18.1 Å². The molecular weight excluding hydrogens is 454 g/mol. The molecule has 0 aromatic heterocycles. The summed E-state index contributed by atoms with van der Waals surface area (Å²) in [6.07, 6.45) is 1.02. The molecule has 2 rings (SSSR count). The SMILES string of the molecule is CNC(=O)C(C)N(Cc1ccc(OC)cc1)C(=O)CN(c1cccc(Cl)c1C)S(C)(=O)=O. The number of amides is 2. The van der Waals surface area contributed by atoms with Gasteiger partial charge in [0, 0.05) is 18.6 Å². The van der Waals surface area contributed by atoms with Gasteiger partial charge in [-0.05, 0) is 49.2 Å². The van der Waals surface area contributed by atoms with Crippen molar-refractivity contribution in [2.45, 2.75) is 26.4 Å². The van der Waals surface area contributed by atoms with E-state index in [1.165, 1.54) is 11.9 Å². The first kappa shape index (κ1) is 25.5. The second-order valence-corrected chi connectivity index (χ2v) is 9.63. The van der Waals surface area contributed by atoms with Crippen molar-refractivity contribution < 1.29 is 22.7 Å². The molecule has 32 heavy (non-hydrogen) atoms. The number of hydrogen-bond acceptors (Lipinski definition) is 5. The van der Waals surface area contributed by atoms with Gasteiger partial charge in [-0.2, -0.15) is 0 Å². The first-order chi connectivity index (χ1) is 15.0. The molecule has 2 aromatic rings. The van der Waals surface area contributed by atoms with Crippen molar-refractivity contribution in [3.63, 3.8) is 0 Å². The van der Waals surface area contributed by atoms with Crippen LogP contribution in [0.25, 0.3) is 0 Å². The minimum atomic E-state index is -3.81. The molecule has 0 heterocycles. The van der Waals surface area contributed by atoms with Crippen LogP contribution < -0.4 is 14.4 Å². The van der Waals surface area contributed by atoms with E-state index in [1.54, 1.807) is 63.4 Å². The third-order valence-electron chi connectivity index (χ3n) is 5.11. The van der Waals surface area contributed by atoms with Gasteiger partial charge in [0.25, 0.3) is 0 Å². The first-order valence-electron chi connectivity index (χ1n) is 9.86. The van der Waals surface area contributed by atoms with Crippen LogP contribution >= 0.6 is 11.6 Å². The summed E-state index contributed by atoms with van der Waals surface area (Å²) in [7, 11) is -0.778. The molecule has 0 radical (unpaired) electrons. The average Bonchev–Trinajstić information content (AvgIpc) is 2.76. The van der Waals surface area contributed by atoms with E-state index in [2.05, 4.69) is 5.32 Å². The van der Waals surface area contributed by atoms with Crippen LogP contribution in [0.15, 0.2) is 42.5 Å². The highest BCUT2D eigenvalue weighted by Gasteiger charge is 2.30. The molecule has 1 atom stereocenters. The van der Waals surface area contributed by atoms with Crippen molar-refractivity contribution in [1.82, 2.24) is 10.2 Å². The largest absolute Gasteiger partial charge is 0.497 e. The Hall–Kier alpha value is -2.78. The second kappa shape index (κ2) is 10.7. The fourth-order valence-corrected chi connectivity index (χ4v) is 4.25. The Balaban J connectivity index is 2.41. The molecule has 0 saturated carbocycles. The van der Waals surface area contributed by atoms with Gasteiger partial charge in [-0.25, -0.2) is 8.42 Å². The van der Waals surface area contributed by atoms with Crippen LogP contribution in [0.2, 0.25) is 5.02 Å². The van der Waals surface area contributed by atoms with Gasteiger partial charge in [-0.3, -0.25) is 13.9 Å². The van der Waals surface area contributed by atoms with Crippen molar-refractivity contribution in [2.75, 3.05) is 31.3 Å². The van der Waals surface area contributed by atoms with Crippen LogP contribution in [-0.2, 0) is 26.2 Å². The molecule has 0 aliphatic heterocycles. The number of ether oxygens (including phenoxy) is 1. The Kier molecular flexibility index (Phi) is 8.51. The number of likely N-dealkylation sites (N-methyl/N-ethyl adjacent to an activating group) is 1. The molecule has 1 N–H and O–H groups in total. The Morgan fingerprint density at radius 3 is 2.31 bits per heavy atom. The number of hydrogen-bond donors (Lipinski definition) is 1. The van der Waals surface area contributed by atoms with E-state index in [0.29, 0.717) is 22.0 Å². The van der Waals surface area contributed by atoms with E-state index >= 15 is 0 Å². The topological polar surface area (TPSA) is 96.0 Å². The highest BCUT2D eigenvalue weighted by Crippen LogP contribution is 2.28. The highest BCUT2D eigenvalue weighted by molar-refractivity contribution is 7.92. The Morgan fingerprint density at radius 1 is 1.16 bits per heavy atom. The molecule has 174 valence electrons. The molecule has 1 unspecified atom stereocenters. The zero-order valence-electron chi connectivity index (χ0n) is 18.8. The van der Waals surface area contributed by atoms with Gasteiger partial charge in [0.2, 0.25) is 21.8 Å². The second-order valence-electron chi connectivity index (χ2n) is 7.31. The molecule has 0 spiro atoms. The summed E-state index contributed by atoms with van der Waals surface area (Å²) in [6.45, 7) is 2.92. The van der Waals surface area contributed by atoms with Gasteiger partial charge >= 0.3 is 0 Å². The van der Waals surface area contributed by atoms with Crippen molar-refractivity contribution >= 4 is 39.1 Å². The summed E-state index contributed by atoms with van der Waals surface area (Å²) in [5.41, 5.74) is 1.61. The molecule has 2 amide bonds. The first-order valence-corrected chi connectivity index (χ1v) is 12.1. The fourth-order valence-electron chi connectivity index (χ4n) is 3.18. The Labute approximate surface area is 194 Å². The molecule has 2 aromatic carbocycles. The highest BCUT2D eigenvalue weighted by atomic mass is 35.5. The zero-order valence-corrected chi connectivity index (χ0v) is 20.3. The van der Waals surface area contributed by atoms with E-state index in [4.69, 9.17) is 16.3 Å². The molecule has 8 nitrogen and oxygen atoms in total. The summed E-state index contributed by atoms with van der Waals surface area (Å²) in [6, 6.07) is 11.1. The monoisotopic (exact) mass is 481 g/mol. The van der Waals surface area contributed by atoms with Gasteiger partial charge in [0.05, 0.1) is 19.1 Å². The van der Waals surface area contributed by atoms with Gasteiger partial charge in [-0.1, -0.05) is 29.8 Å². The van der Waals surface area contributed by atoms with Gasteiger partial charge in [0.15, 0.2) is 0 Å². The van der Waals surface area contributed by atoms with Crippen molar-refractivity contribution in [3.05, 3.63) is 58.6 Å². The van der Waals surface area contributed by atoms with E-state index in [1.807, 2.05) is 0 Å². The maximum atomic E-state index is 13.3. The van der Waals surface area contributed by atoms with Crippen molar-refractivity contribution in [3.8, 4) is 5.75 Å². The van der Waals surface area contributed by atoms with E-state index < -0.39 is 28.5 Å². The average molecular weight is 482 g/mol. The molecule has 0 aliphatic rings. The number of halogens is 1. The summed E-state index contributed by atoms with van der Waals surface area (Å²) in [5, 5.41) is 2.92. The lowest BCUT2D eigenvalue weighted by molar-refractivity contribution is -0.139. The lowest BCUT2D eigenvalue weighted by Crippen LogP contribution is -2.50. The standard InChI is InChI=1S/C22H28ClN3O5S/c1-15-19(23)7-6-8-20(15)26(32(5,29)30)14-21(27)25(16(2)22(28)24-3)13-17-9-11-18(31-4)12-10-17/h6-12,16H,13-14H2,1-5H3,(H,24,28). The fraction of sp³-hybridized carbons (Fsp3) is 0.364. The van der Waals surface area contributed by atoms with Gasteiger partial charge in [0.1, 0.15) is 18.3 Å². The normalized spacial score (nSPS) is 12.1. The number of nitrogens with one attached hydrogen (secondary N) is 1. The third-order valence-corrected chi connectivity index (χ3v) is 6.65.